The Bertz CT molecular complexity index is 4620. The Morgan fingerprint density at radius 3 is 2.29 bits per heavy atom. The zero-order valence-corrected chi connectivity index (χ0v) is 28.9. The molecule has 0 fully saturated rings. The Morgan fingerprint density at radius 2 is 1.35 bits per heavy atom. The summed E-state index contributed by atoms with van der Waals surface area (Å²) in [5.41, 5.74) is -8.55. The molecule has 0 N–H and O–H groups in total. The topological polar surface area (TPSA) is 3.24 Å². The predicted octanol–water partition coefficient (Wildman–Crippen LogP) is 15.5. The van der Waals surface area contributed by atoms with E-state index in [1.54, 1.807) is 0 Å². The molecule has 0 aliphatic heterocycles. The summed E-state index contributed by atoms with van der Waals surface area (Å²) in [6, 6.07) is -4.31. The van der Waals surface area contributed by atoms with Crippen molar-refractivity contribution in [2.75, 3.05) is 4.90 Å². The van der Waals surface area contributed by atoms with E-state index in [1.807, 2.05) is 0 Å². The van der Waals surface area contributed by atoms with Crippen LogP contribution in [0, 0.1) is 0 Å². The molecule has 260 valence electrons. The number of thiophene rings is 1. The van der Waals surface area contributed by atoms with Crippen LogP contribution in [-0.4, -0.2) is 0 Å². The molecule has 1 heterocycles. The van der Waals surface area contributed by atoms with Crippen molar-refractivity contribution in [2.24, 2.45) is 0 Å². The fourth-order valence-electron chi connectivity index (χ4n) is 7.14. The Labute approximate surface area is 364 Å². The molecule has 2 heteroatoms. The summed E-state index contributed by atoms with van der Waals surface area (Å²) >= 11 is 0.899. The number of rotatable bonds is 5. The van der Waals surface area contributed by atoms with Gasteiger partial charge in [-0.2, -0.15) is 0 Å². The van der Waals surface area contributed by atoms with Crippen LogP contribution >= 0.6 is 11.3 Å². The third-order valence-corrected chi connectivity index (χ3v) is 10.7. The average molecular weight is 748 g/mol. The largest absolute Gasteiger partial charge is 0.310 e. The summed E-state index contributed by atoms with van der Waals surface area (Å²) in [5, 5.41) is -0.837. The lowest BCUT2D eigenvalue weighted by atomic mass is 9.82. The van der Waals surface area contributed by atoms with Gasteiger partial charge in [0.2, 0.25) is 0 Å². The molecule has 0 atom stereocenters. The summed E-state index contributed by atoms with van der Waals surface area (Å²) in [4.78, 5) is 0.824. The monoisotopic (exact) mass is 747 g/mol. The van der Waals surface area contributed by atoms with E-state index >= 15 is 0 Å². The third kappa shape index (κ3) is 4.99. The number of nitrogens with zero attached hydrogens (tertiary/aromatic N) is 1. The molecule has 0 unspecified atom stereocenters. The van der Waals surface area contributed by atoms with Gasteiger partial charge in [0.05, 0.1) is 30.2 Å². The second-order valence-corrected chi connectivity index (χ2v) is 13.7. The minimum Gasteiger partial charge on any atom is -0.310 e. The van der Waals surface area contributed by atoms with Gasteiger partial charge in [0.25, 0.3) is 0 Å². The first-order chi connectivity index (χ1) is 38.7. The molecule has 1 aromatic heterocycles. The molecule has 1 aliphatic carbocycles. The average Bonchev–Trinajstić information content (AvgIpc) is 1.59. The van der Waals surface area contributed by atoms with Crippen molar-refractivity contribution in [3.63, 3.8) is 0 Å². The van der Waals surface area contributed by atoms with Crippen LogP contribution in [0.5, 0.6) is 0 Å². The van der Waals surface area contributed by atoms with E-state index in [-0.39, 0.29) is 65.3 Å². The minimum atomic E-state index is -3.72. The van der Waals surface area contributed by atoms with Gasteiger partial charge in [0.15, 0.2) is 0 Å². The SMILES string of the molecule is [2H]c1cc(N(c2cc([2H])c3c([2H])c([2H])c([2H])c([2H])c3c2[2H])c2c([2H])cc(-c3c([2H])c([2H])c4c([2H])cccc4c3-c3ccc([2H])c4c3sc3c([2H])c([2H])c([2H])c([2H])c34)c([2H])c2[2H])cc2c1-c1c([2H])c([2H])c([2H])c([2H])c1C2(C([2H])([2H])[2H])C([2H])([2H])[2H]. The van der Waals surface area contributed by atoms with Crippen LogP contribution in [0.25, 0.3) is 75.1 Å². The lowest BCUT2D eigenvalue weighted by Gasteiger charge is -2.28. The highest BCUT2D eigenvalue weighted by Gasteiger charge is 2.35. The van der Waals surface area contributed by atoms with Crippen LogP contribution < -0.4 is 4.90 Å². The molecular weight excluding hydrogens is 683 g/mol. The molecule has 0 spiro atoms. The highest BCUT2D eigenvalue weighted by atomic mass is 32.1. The summed E-state index contributed by atoms with van der Waals surface area (Å²) in [6.07, 6.45) is 0. The first kappa shape index (κ1) is 14.6. The van der Waals surface area contributed by atoms with Crippen LogP contribution in [0.3, 0.4) is 0 Å². The molecule has 0 amide bonds. The van der Waals surface area contributed by atoms with E-state index in [2.05, 4.69) is 0 Å². The molecular formula is C53H37NS. The van der Waals surface area contributed by atoms with Crippen LogP contribution in [0.1, 0.15) is 63.2 Å². The number of fused-ring (bicyclic) bond motifs is 8. The van der Waals surface area contributed by atoms with Gasteiger partial charge in [0, 0.05) is 56.4 Å². The molecule has 0 bridgehead atoms. The van der Waals surface area contributed by atoms with Crippen LogP contribution in [0.15, 0.2) is 188 Å². The number of anilines is 3. The van der Waals surface area contributed by atoms with E-state index in [4.69, 9.17) is 27.4 Å². The van der Waals surface area contributed by atoms with Gasteiger partial charge < -0.3 is 4.90 Å². The van der Waals surface area contributed by atoms with E-state index < -0.39 is 190 Å². The van der Waals surface area contributed by atoms with Gasteiger partial charge in [0.1, 0.15) is 0 Å². The fourth-order valence-corrected chi connectivity index (χ4v) is 8.24. The predicted molar refractivity (Wildman–Crippen MR) is 237 cm³/mol. The van der Waals surface area contributed by atoms with Crippen molar-refractivity contribution in [1.29, 1.82) is 0 Å². The van der Waals surface area contributed by atoms with Crippen LogP contribution in [0.2, 0.25) is 0 Å². The van der Waals surface area contributed by atoms with Crippen LogP contribution in [-0.2, 0) is 5.41 Å². The first-order valence-electron chi connectivity index (χ1n) is 30.8. The second kappa shape index (κ2) is 12.3. The minimum absolute atomic E-state index is 0.0169. The molecule has 9 aromatic carbocycles. The van der Waals surface area contributed by atoms with Crippen molar-refractivity contribution in [2.45, 2.75) is 19.1 Å². The summed E-state index contributed by atoms with van der Waals surface area (Å²) < 4.78 is 253. The lowest BCUT2D eigenvalue weighted by Crippen LogP contribution is -2.16. The Morgan fingerprint density at radius 1 is 0.509 bits per heavy atom. The summed E-state index contributed by atoms with van der Waals surface area (Å²) in [6.45, 7) is -7.45. The zero-order valence-electron chi connectivity index (χ0n) is 56.1. The number of benzene rings is 9. The van der Waals surface area contributed by atoms with E-state index in [1.165, 1.54) is 30.3 Å². The van der Waals surface area contributed by atoms with E-state index in [0.29, 0.717) is 0 Å². The third-order valence-electron chi connectivity index (χ3n) is 9.61. The summed E-state index contributed by atoms with van der Waals surface area (Å²) in [5.74, 6) is 0. The van der Waals surface area contributed by atoms with Crippen molar-refractivity contribution in [1.82, 2.24) is 0 Å². The molecule has 11 rings (SSSR count). The highest BCUT2D eigenvalue weighted by molar-refractivity contribution is 7.26. The number of hydrogen-bond donors (Lipinski definition) is 0. The maximum Gasteiger partial charge on any atom is 0.0651 e. The molecule has 0 radical (unpaired) electrons. The quantitative estimate of drug-likeness (QED) is 0.169. The van der Waals surface area contributed by atoms with Gasteiger partial charge in [-0.1, -0.05) is 159 Å². The Balaban J connectivity index is 1.28. The van der Waals surface area contributed by atoms with Crippen molar-refractivity contribution in [3.8, 4) is 33.4 Å². The fraction of sp³-hybridized carbons (Fsp3) is 0.0566. The summed E-state index contributed by atoms with van der Waals surface area (Å²) in [7, 11) is 0. The normalized spacial score (nSPS) is 20.7. The lowest BCUT2D eigenvalue weighted by molar-refractivity contribution is 0.660. The van der Waals surface area contributed by atoms with Crippen molar-refractivity contribution in [3.05, 3.63) is 199 Å². The number of hydrogen-bond acceptors (Lipinski definition) is 2. The molecule has 1 aliphatic rings. The molecule has 55 heavy (non-hydrogen) atoms. The van der Waals surface area contributed by atoms with Crippen molar-refractivity contribution < 1.29 is 38.4 Å². The zero-order chi connectivity index (χ0) is 60.8. The molecule has 1 nitrogen and oxygen atoms in total. The standard InChI is InChI=1S/C53H37NS/c1-53(2)48-20-9-7-16-43(48)44-31-29-40(33-49(44)53)54(39-28-22-34-12-3-4-14-37(34)32-39)38-26-23-36(24-27-38)42-30-25-35-13-5-6-15-41(35)51(42)47-19-11-18-46-45-17-8-10-21-50(45)55-52(46)47/h3-33H,1-2H3/i1D3,2D3,3D,4D,7D,8D,9D,10D,12D,13D,14D,16D,17D,18D,20D,21D,22D,23D,25D,26D,27D,30D,31D,32D. The molecule has 10 aromatic rings. The molecule has 0 saturated carbocycles. The molecule has 0 saturated heterocycles. The maximum absolute atomic E-state index is 9.95. The van der Waals surface area contributed by atoms with Crippen molar-refractivity contribution >= 4 is 70.1 Å². The maximum atomic E-state index is 9.95. The first-order valence-corrected chi connectivity index (χ1v) is 17.6. The van der Waals surface area contributed by atoms with Gasteiger partial charge in [-0.15, -0.1) is 11.3 Å². The highest BCUT2D eigenvalue weighted by Crippen LogP contribution is 2.51. The van der Waals surface area contributed by atoms with E-state index in [9.17, 15) is 11.0 Å². The van der Waals surface area contributed by atoms with Gasteiger partial charge in [-0.3, -0.25) is 0 Å². The Kier molecular flexibility index (Phi) is 3.27. The Hall–Kier alpha value is -6.48. The van der Waals surface area contributed by atoms with Gasteiger partial charge in [-0.05, 0) is 103 Å². The second-order valence-electron chi connectivity index (χ2n) is 12.7. The van der Waals surface area contributed by atoms with Crippen LogP contribution in [0.4, 0.5) is 17.1 Å². The van der Waals surface area contributed by atoms with Gasteiger partial charge in [-0.25, -0.2) is 0 Å². The smallest absolute Gasteiger partial charge is 0.0651 e. The van der Waals surface area contributed by atoms with E-state index in [0.717, 1.165) is 40.5 Å². The van der Waals surface area contributed by atoms with Gasteiger partial charge >= 0.3 is 0 Å².